The van der Waals surface area contributed by atoms with Crippen LogP contribution < -0.4 is 5.56 Å². The third-order valence-corrected chi connectivity index (χ3v) is 3.51. The van der Waals surface area contributed by atoms with Gasteiger partial charge in [0.1, 0.15) is 5.82 Å². The molecule has 3 rings (SSSR count). The highest BCUT2D eigenvalue weighted by Gasteiger charge is 2.17. The van der Waals surface area contributed by atoms with Gasteiger partial charge in [-0.25, -0.2) is 4.39 Å². The minimum absolute atomic E-state index is 0.00279. The number of nitrogens with zero attached hydrogens (tertiary/aromatic N) is 3. The summed E-state index contributed by atoms with van der Waals surface area (Å²) in [6.07, 6.45) is -1.49. The quantitative estimate of drug-likeness (QED) is 0.651. The monoisotopic (exact) mass is 379 g/mol. The first-order valence-corrected chi connectivity index (χ1v) is 7.58. The molecule has 0 amide bonds. The molecule has 0 atom stereocenters. The van der Waals surface area contributed by atoms with Crippen molar-refractivity contribution in [1.82, 2.24) is 14.8 Å². The smallest absolute Gasteiger partial charge is 0.314 e. The second-order valence-corrected chi connectivity index (χ2v) is 5.49. The topological polar surface area (TPSA) is 60.9 Å². The Bertz CT molecular complexity index is 1070. The number of alkyl halides is 2. The molecule has 2 heterocycles. The van der Waals surface area contributed by atoms with Crippen molar-refractivity contribution in [3.8, 4) is 23.3 Å². The molecule has 2 aromatic heterocycles. The van der Waals surface area contributed by atoms with Crippen molar-refractivity contribution in [2.45, 2.75) is 13.0 Å². The summed E-state index contributed by atoms with van der Waals surface area (Å²) in [5, 5.41) is 7.02. The van der Waals surface area contributed by atoms with Gasteiger partial charge in [-0.15, -0.1) is 10.2 Å². The van der Waals surface area contributed by atoms with Crippen LogP contribution in [-0.2, 0) is 6.54 Å². The number of rotatable bonds is 3. The largest absolute Gasteiger partial charge is 0.415 e. The minimum Gasteiger partial charge on any atom is -0.415 e. The van der Waals surface area contributed by atoms with Crippen molar-refractivity contribution in [2.75, 3.05) is 0 Å². The molecule has 0 radical (unpaired) electrons. The van der Waals surface area contributed by atoms with E-state index in [0.29, 0.717) is 5.02 Å². The van der Waals surface area contributed by atoms with E-state index in [4.69, 9.17) is 16.0 Å². The molecule has 5 nitrogen and oxygen atoms in total. The molecule has 26 heavy (non-hydrogen) atoms. The van der Waals surface area contributed by atoms with Crippen LogP contribution in [0.2, 0.25) is 5.02 Å². The number of halogens is 4. The van der Waals surface area contributed by atoms with Crippen LogP contribution in [0.25, 0.3) is 11.5 Å². The molecule has 1 aromatic carbocycles. The molecule has 0 aliphatic rings. The van der Waals surface area contributed by atoms with Gasteiger partial charge in [-0.2, -0.15) is 8.78 Å². The van der Waals surface area contributed by atoms with Gasteiger partial charge in [0, 0.05) is 22.8 Å². The molecule has 0 N–H and O–H groups in total. The predicted molar refractivity (Wildman–Crippen MR) is 87.2 cm³/mol. The Morgan fingerprint density at radius 1 is 1.23 bits per heavy atom. The van der Waals surface area contributed by atoms with E-state index in [-0.39, 0.29) is 23.6 Å². The van der Waals surface area contributed by atoms with Gasteiger partial charge in [-0.05, 0) is 24.3 Å². The van der Waals surface area contributed by atoms with Crippen molar-refractivity contribution >= 4 is 11.6 Å². The molecule has 3 aromatic rings. The minimum atomic E-state index is -2.89. The van der Waals surface area contributed by atoms with Crippen molar-refractivity contribution in [3.05, 3.63) is 69.2 Å². The fraction of sp³-hybridized carbons (Fsp3) is 0.118. The predicted octanol–water partition coefficient (Wildman–Crippen LogP) is 3.68. The molecule has 0 saturated carbocycles. The van der Waals surface area contributed by atoms with Gasteiger partial charge in [0.05, 0.1) is 12.1 Å². The molecular formula is C17H9ClF3N3O2. The third kappa shape index (κ3) is 3.95. The highest BCUT2D eigenvalue weighted by Crippen LogP contribution is 2.22. The van der Waals surface area contributed by atoms with E-state index in [9.17, 15) is 18.0 Å². The second kappa shape index (κ2) is 7.45. The molecule has 0 saturated heterocycles. The summed E-state index contributed by atoms with van der Waals surface area (Å²) in [5.41, 5.74) is -0.132. The zero-order valence-corrected chi connectivity index (χ0v) is 13.7. The lowest BCUT2D eigenvalue weighted by Crippen LogP contribution is -2.17. The van der Waals surface area contributed by atoms with Gasteiger partial charge < -0.3 is 8.98 Å². The lowest BCUT2D eigenvalue weighted by molar-refractivity contribution is 0.116. The first kappa shape index (κ1) is 17.8. The number of aromatic nitrogens is 3. The Labute approximate surface area is 150 Å². The van der Waals surface area contributed by atoms with Crippen LogP contribution in [0, 0.1) is 17.7 Å². The zero-order valence-electron chi connectivity index (χ0n) is 12.9. The Hall–Kier alpha value is -3.05. The first-order valence-electron chi connectivity index (χ1n) is 7.20. The average Bonchev–Trinajstić information content (AvgIpc) is 3.09. The summed E-state index contributed by atoms with van der Waals surface area (Å²) in [6.45, 7) is -0.00279. The SMILES string of the molecule is O=c1cc(-c2nnc(C(F)F)o2)ccn1CC#Cc1cc(Cl)ccc1F. The van der Waals surface area contributed by atoms with E-state index in [2.05, 4.69) is 22.0 Å². The van der Waals surface area contributed by atoms with Crippen LogP contribution in [0.15, 0.2) is 45.7 Å². The molecule has 0 spiro atoms. The fourth-order valence-electron chi connectivity index (χ4n) is 2.02. The molecule has 9 heteroatoms. The van der Waals surface area contributed by atoms with E-state index in [0.717, 1.165) is 6.07 Å². The van der Waals surface area contributed by atoms with Crippen LogP contribution in [0.3, 0.4) is 0 Å². The van der Waals surface area contributed by atoms with Gasteiger partial charge in [0.15, 0.2) is 0 Å². The summed E-state index contributed by atoms with van der Waals surface area (Å²) in [5.74, 6) is 3.74. The third-order valence-electron chi connectivity index (χ3n) is 3.27. The average molecular weight is 380 g/mol. The van der Waals surface area contributed by atoms with Crippen molar-refractivity contribution < 1.29 is 17.6 Å². The molecular weight excluding hydrogens is 371 g/mol. The van der Waals surface area contributed by atoms with Crippen LogP contribution in [0.5, 0.6) is 0 Å². The van der Waals surface area contributed by atoms with Gasteiger partial charge in [0.25, 0.3) is 11.4 Å². The van der Waals surface area contributed by atoms with Gasteiger partial charge in [-0.3, -0.25) is 4.79 Å². The molecule has 0 aliphatic heterocycles. The van der Waals surface area contributed by atoms with Crippen LogP contribution in [0.4, 0.5) is 13.2 Å². The summed E-state index contributed by atoms with van der Waals surface area (Å²) in [6, 6.07) is 6.59. The van der Waals surface area contributed by atoms with E-state index >= 15 is 0 Å². The lowest BCUT2D eigenvalue weighted by atomic mass is 10.2. The summed E-state index contributed by atoms with van der Waals surface area (Å²) in [4.78, 5) is 12.1. The molecule has 132 valence electrons. The maximum atomic E-state index is 13.6. The van der Waals surface area contributed by atoms with Gasteiger partial charge >= 0.3 is 6.43 Å². The van der Waals surface area contributed by atoms with E-state index < -0.39 is 23.7 Å². The first-order chi connectivity index (χ1) is 12.4. The van der Waals surface area contributed by atoms with E-state index in [1.807, 2.05) is 0 Å². The molecule has 0 fully saturated rings. The number of hydrogen-bond acceptors (Lipinski definition) is 4. The van der Waals surface area contributed by atoms with Crippen LogP contribution >= 0.6 is 11.6 Å². The van der Waals surface area contributed by atoms with Gasteiger partial charge in [-0.1, -0.05) is 23.4 Å². The number of benzene rings is 1. The maximum Gasteiger partial charge on any atom is 0.314 e. The van der Waals surface area contributed by atoms with Crippen molar-refractivity contribution in [2.24, 2.45) is 0 Å². The zero-order chi connectivity index (χ0) is 18.7. The maximum absolute atomic E-state index is 13.6. The Morgan fingerprint density at radius 2 is 2.04 bits per heavy atom. The molecule has 0 bridgehead atoms. The summed E-state index contributed by atoms with van der Waals surface area (Å²) in [7, 11) is 0. The Balaban J connectivity index is 1.79. The lowest BCUT2D eigenvalue weighted by Gasteiger charge is -2.01. The normalized spacial score (nSPS) is 10.7. The number of hydrogen-bond donors (Lipinski definition) is 0. The summed E-state index contributed by atoms with van der Waals surface area (Å²) >= 11 is 5.78. The standard InChI is InChI=1S/C17H9ClF3N3O2/c18-12-3-4-13(19)10(8-12)2-1-6-24-7-5-11(9-14(24)25)16-22-23-17(26-16)15(20)21/h3-5,7-9,15H,6H2. The molecule has 0 unspecified atom stereocenters. The van der Waals surface area contributed by atoms with E-state index in [1.54, 1.807) is 0 Å². The van der Waals surface area contributed by atoms with Crippen LogP contribution in [0.1, 0.15) is 17.9 Å². The van der Waals surface area contributed by atoms with Gasteiger partial charge in [0.2, 0.25) is 5.89 Å². The van der Waals surface area contributed by atoms with Crippen molar-refractivity contribution in [1.29, 1.82) is 0 Å². The second-order valence-electron chi connectivity index (χ2n) is 5.05. The van der Waals surface area contributed by atoms with Crippen LogP contribution in [-0.4, -0.2) is 14.8 Å². The molecule has 0 aliphatic carbocycles. The Kier molecular flexibility index (Phi) is 5.09. The highest BCUT2D eigenvalue weighted by molar-refractivity contribution is 6.30. The fourth-order valence-corrected chi connectivity index (χ4v) is 2.20. The highest BCUT2D eigenvalue weighted by atomic mass is 35.5. The Morgan fingerprint density at radius 3 is 2.73 bits per heavy atom. The number of pyridine rings is 1. The summed E-state index contributed by atoms with van der Waals surface area (Å²) < 4.78 is 44.5. The van der Waals surface area contributed by atoms with Crippen molar-refractivity contribution in [3.63, 3.8) is 0 Å². The van der Waals surface area contributed by atoms with E-state index in [1.165, 1.54) is 35.0 Å².